The van der Waals surface area contributed by atoms with Crippen molar-refractivity contribution in [1.29, 1.82) is 0 Å². The van der Waals surface area contributed by atoms with E-state index in [1.165, 1.54) is 0 Å². The molecule has 0 aliphatic rings. The van der Waals surface area contributed by atoms with Crippen molar-refractivity contribution in [2.45, 2.75) is 40.0 Å². The molecule has 152 valence electrons. The molecule has 1 aromatic carbocycles. The largest absolute Gasteiger partial charge is 0.351 e. The predicted octanol–water partition coefficient (Wildman–Crippen LogP) is 2.82. The van der Waals surface area contributed by atoms with Gasteiger partial charge in [-0.2, -0.15) is 0 Å². The number of unbranched alkanes of at least 4 members (excludes halogenated alkanes) is 1. The highest BCUT2D eigenvalue weighted by atomic mass is 16.2. The van der Waals surface area contributed by atoms with Crippen LogP contribution < -0.4 is 10.6 Å². The Bertz CT molecular complexity index is 556. The van der Waals surface area contributed by atoms with E-state index in [4.69, 9.17) is 0 Å². The van der Waals surface area contributed by atoms with Crippen LogP contribution >= 0.6 is 0 Å². The molecule has 0 radical (unpaired) electrons. The number of amides is 2. The second-order valence-corrected chi connectivity index (χ2v) is 6.82. The van der Waals surface area contributed by atoms with Crippen molar-refractivity contribution < 1.29 is 9.59 Å². The van der Waals surface area contributed by atoms with E-state index in [9.17, 15) is 9.59 Å². The number of carbonyl (C=O) groups excluding carboxylic acids is 2. The maximum absolute atomic E-state index is 12.2. The zero-order valence-electron chi connectivity index (χ0n) is 17.4. The highest BCUT2D eigenvalue weighted by Gasteiger charge is 2.08. The second kappa shape index (κ2) is 13.3. The molecule has 0 aliphatic heterocycles. The van der Waals surface area contributed by atoms with Gasteiger partial charge in [0.2, 0.25) is 5.91 Å². The molecule has 2 amide bonds. The third kappa shape index (κ3) is 9.54. The van der Waals surface area contributed by atoms with E-state index in [-0.39, 0.29) is 11.8 Å². The molecule has 6 heteroatoms. The average molecular weight is 377 g/mol. The summed E-state index contributed by atoms with van der Waals surface area (Å²) in [7, 11) is 2.04. The minimum atomic E-state index is -0.0856. The van der Waals surface area contributed by atoms with E-state index in [1.54, 1.807) is 24.3 Å². The van der Waals surface area contributed by atoms with Gasteiger partial charge in [-0.05, 0) is 57.4 Å². The molecule has 0 aromatic heterocycles. The Kier molecular flexibility index (Phi) is 11.4. The maximum atomic E-state index is 12.2. The highest BCUT2D eigenvalue weighted by Crippen LogP contribution is 2.10. The van der Waals surface area contributed by atoms with Crippen LogP contribution in [0.2, 0.25) is 0 Å². The van der Waals surface area contributed by atoms with Crippen LogP contribution in [0.25, 0.3) is 0 Å². The first-order valence-electron chi connectivity index (χ1n) is 10.1. The van der Waals surface area contributed by atoms with Gasteiger partial charge < -0.3 is 20.4 Å². The molecule has 0 saturated carbocycles. The Hall–Kier alpha value is -1.92. The normalized spacial score (nSPS) is 11.0. The minimum absolute atomic E-state index is 0.00484. The number of likely N-dealkylation sites (N-methyl/N-ethyl adjacent to an activating group) is 1. The van der Waals surface area contributed by atoms with Crippen molar-refractivity contribution in [2.24, 2.45) is 0 Å². The Morgan fingerprint density at radius 2 is 1.63 bits per heavy atom. The summed E-state index contributed by atoms with van der Waals surface area (Å²) in [6.07, 6.45) is 2.77. The molecule has 0 spiro atoms. The van der Waals surface area contributed by atoms with Crippen LogP contribution in [0.1, 0.15) is 50.4 Å². The van der Waals surface area contributed by atoms with Gasteiger partial charge in [0, 0.05) is 37.3 Å². The SMILES string of the molecule is CCCCN(C)CCC(=O)Nc1ccc(C(=O)NCCN(CC)CC)cc1. The summed E-state index contributed by atoms with van der Waals surface area (Å²) in [5.41, 5.74) is 1.32. The summed E-state index contributed by atoms with van der Waals surface area (Å²) < 4.78 is 0. The quantitative estimate of drug-likeness (QED) is 0.556. The summed E-state index contributed by atoms with van der Waals surface area (Å²) in [6, 6.07) is 7.04. The summed E-state index contributed by atoms with van der Waals surface area (Å²) in [4.78, 5) is 28.7. The molecule has 0 heterocycles. The fourth-order valence-corrected chi connectivity index (χ4v) is 2.73. The number of hydrogen-bond acceptors (Lipinski definition) is 4. The van der Waals surface area contributed by atoms with Gasteiger partial charge in [0.25, 0.3) is 5.91 Å². The van der Waals surface area contributed by atoms with Crippen molar-refractivity contribution in [1.82, 2.24) is 15.1 Å². The second-order valence-electron chi connectivity index (χ2n) is 6.82. The smallest absolute Gasteiger partial charge is 0.251 e. The first-order chi connectivity index (χ1) is 13.0. The average Bonchev–Trinajstić information content (AvgIpc) is 2.68. The van der Waals surface area contributed by atoms with Gasteiger partial charge in [0.05, 0.1) is 0 Å². The zero-order valence-corrected chi connectivity index (χ0v) is 17.4. The Morgan fingerprint density at radius 3 is 2.22 bits per heavy atom. The van der Waals surface area contributed by atoms with E-state index in [1.807, 2.05) is 7.05 Å². The van der Waals surface area contributed by atoms with Gasteiger partial charge >= 0.3 is 0 Å². The fraction of sp³-hybridized carbons (Fsp3) is 0.619. The number of nitrogens with one attached hydrogen (secondary N) is 2. The van der Waals surface area contributed by atoms with Gasteiger partial charge in [-0.15, -0.1) is 0 Å². The van der Waals surface area contributed by atoms with E-state index in [0.29, 0.717) is 18.5 Å². The lowest BCUT2D eigenvalue weighted by Gasteiger charge is -2.18. The lowest BCUT2D eigenvalue weighted by atomic mass is 10.2. The summed E-state index contributed by atoms with van der Waals surface area (Å²) in [5.74, 6) is -0.0904. The molecule has 0 saturated heterocycles. The third-order valence-corrected chi connectivity index (χ3v) is 4.65. The first-order valence-corrected chi connectivity index (χ1v) is 10.1. The van der Waals surface area contributed by atoms with Gasteiger partial charge in [-0.3, -0.25) is 9.59 Å². The summed E-state index contributed by atoms with van der Waals surface area (Å²) in [5, 5.41) is 5.82. The van der Waals surface area contributed by atoms with Gasteiger partial charge in [-0.1, -0.05) is 27.2 Å². The van der Waals surface area contributed by atoms with Gasteiger partial charge in [0.1, 0.15) is 0 Å². The van der Waals surface area contributed by atoms with Crippen molar-refractivity contribution in [3.8, 4) is 0 Å². The van der Waals surface area contributed by atoms with Crippen LogP contribution in [0, 0.1) is 0 Å². The van der Waals surface area contributed by atoms with E-state index in [2.05, 4.69) is 41.2 Å². The molecule has 0 atom stereocenters. The minimum Gasteiger partial charge on any atom is -0.351 e. The molecule has 0 aliphatic carbocycles. The standard InChI is InChI=1S/C21H36N4O2/c1-5-8-15-24(4)16-13-20(26)23-19-11-9-18(10-12-19)21(27)22-14-17-25(6-2)7-3/h9-12H,5-8,13-17H2,1-4H3,(H,22,27)(H,23,26). The Labute approximate surface area is 164 Å². The molecular formula is C21H36N4O2. The lowest BCUT2D eigenvalue weighted by molar-refractivity contribution is -0.116. The van der Waals surface area contributed by atoms with Crippen LogP contribution in [-0.4, -0.2) is 67.9 Å². The molecule has 0 unspecified atom stereocenters. The topological polar surface area (TPSA) is 64.7 Å². The number of hydrogen-bond donors (Lipinski definition) is 2. The molecule has 0 bridgehead atoms. The summed E-state index contributed by atoms with van der Waals surface area (Å²) in [6.45, 7) is 11.6. The van der Waals surface area contributed by atoms with E-state index < -0.39 is 0 Å². The van der Waals surface area contributed by atoms with Gasteiger partial charge in [0.15, 0.2) is 0 Å². The van der Waals surface area contributed by atoms with E-state index >= 15 is 0 Å². The lowest BCUT2D eigenvalue weighted by Crippen LogP contribution is -2.34. The number of anilines is 1. The summed E-state index contributed by atoms with van der Waals surface area (Å²) >= 11 is 0. The monoisotopic (exact) mass is 376 g/mol. The van der Waals surface area contributed by atoms with Crippen molar-refractivity contribution >= 4 is 17.5 Å². The highest BCUT2D eigenvalue weighted by molar-refractivity contribution is 5.95. The molecule has 1 rings (SSSR count). The molecular weight excluding hydrogens is 340 g/mol. The van der Waals surface area contributed by atoms with Crippen LogP contribution in [0.4, 0.5) is 5.69 Å². The Balaban J connectivity index is 2.37. The zero-order chi connectivity index (χ0) is 20.1. The van der Waals surface area contributed by atoms with Crippen LogP contribution in [0.3, 0.4) is 0 Å². The Morgan fingerprint density at radius 1 is 0.963 bits per heavy atom. The number of rotatable bonds is 13. The molecule has 27 heavy (non-hydrogen) atoms. The van der Waals surface area contributed by atoms with Gasteiger partial charge in [-0.25, -0.2) is 0 Å². The van der Waals surface area contributed by atoms with Crippen LogP contribution in [0.5, 0.6) is 0 Å². The molecule has 1 aromatic rings. The number of carbonyl (C=O) groups is 2. The van der Waals surface area contributed by atoms with Crippen molar-refractivity contribution in [2.75, 3.05) is 51.6 Å². The van der Waals surface area contributed by atoms with E-state index in [0.717, 1.165) is 51.3 Å². The van der Waals surface area contributed by atoms with Crippen LogP contribution in [0.15, 0.2) is 24.3 Å². The predicted molar refractivity (Wildman–Crippen MR) is 112 cm³/mol. The number of benzene rings is 1. The van der Waals surface area contributed by atoms with Crippen molar-refractivity contribution in [3.05, 3.63) is 29.8 Å². The fourth-order valence-electron chi connectivity index (χ4n) is 2.73. The molecule has 2 N–H and O–H groups in total. The number of nitrogens with zero attached hydrogens (tertiary/aromatic N) is 2. The van der Waals surface area contributed by atoms with Crippen LogP contribution in [-0.2, 0) is 4.79 Å². The molecule has 0 fully saturated rings. The first kappa shape index (κ1) is 23.1. The molecule has 6 nitrogen and oxygen atoms in total. The van der Waals surface area contributed by atoms with Crippen molar-refractivity contribution in [3.63, 3.8) is 0 Å². The maximum Gasteiger partial charge on any atom is 0.251 e. The third-order valence-electron chi connectivity index (χ3n) is 4.65.